The maximum absolute atomic E-state index is 11.9. The van der Waals surface area contributed by atoms with E-state index in [0.717, 1.165) is 12.8 Å². The Labute approximate surface area is 214 Å². The Morgan fingerprint density at radius 2 is 1.63 bits per heavy atom. The quantitative estimate of drug-likeness (QED) is 0.322. The molecule has 1 N–H and O–H groups in total. The number of hydrogen-bond acceptors (Lipinski definition) is 3. The monoisotopic (exact) mass is 484 g/mol. The molecule has 0 heterocycles. The van der Waals surface area contributed by atoms with Gasteiger partial charge in [0.25, 0.3) is 0 Å². The van der Waals surface area contributed by atoms with Crippen molar-refractivity contribution in [2.45, 2.75) is 126 Å². The number of hydrogen-bond donors (Lipinski definition) is 1. The second-order valence-electron chi connectivity index (χ2n) is 15.7. The average Bonchev–Trinajstić information content (AvgIpc) is 2.76. The number of carbonyl (C=O) groups is 1. The lowest BCUT2D eigenvalue weighted by molar-refractivity contribution is -0.213. The van der Waals surface area contributed by atoms with E-state index in [2.05, 4.69) is 54.5 Å². The van der Waals surface area contributed by atoms with Crippen LogP contribution >= 0.6 is 0 Å². The van der Waals surface area contributed by atoms with Gasteiger partial charge < -0.3 is 9.84 Å². The fourth-order valence-corrected chi connectivity index (χ4v) is 11.0. The molecular formula is C32H52O3. The highest BCUT2D eigenvalue weighted by Gasteiger charge is 2.68. The van der Waals surface area contributed by atoms with Gasteiger partial charge in [-0.3, -0.25) is 4.79 Å². The fraction of sp³-hybridized carbons (Fsp3) is 0.906. The van der Waals surface area contributed by atoms with Crippen LogP contribution in [-0.2, 0) is 9.53 Å². The van der Waals surface area contributed by atoms with Gasteiger partial charge in [0, 0.05) is 24.4 Å². The van der Waals surface area contributed by atoms with E-state index in [1.165, 1.54) is 51.4 Å². The van der Waals surface area contributed by atoms with Gasteiger partial charge in [0.15, 0.2) is 0 Å². The van der Waals surface area contributed by atoms with Gasteiger partial charge >= 0.3 is 5.97 Å². The van der Waals surface area contributed by atoms with Crippen LogP contribution in [0.4, 0.5) is 0 Å². The first kappa shape index (κ1) is 25.8. The van der Waals surface area contributed by atoms with Crippen LogP contribution in [0.5, 0.6) is 0 Å². The zero-order valence-corrected chi connectivity index (χ0v) is 23.9. The SMILES string of the molecule is CC(=O)O[C@H]1CC[C@@]2(C)C(CC[C@]3(C)C2CC=C2C4CC(C)(C)CC[C@]4(CO)CC[C@]23C)C1(C)C. The van der Waals surface area contributed by atoms with Crippen LogP contribution in [0.1, 0.15) is 120 Å². The molecule has 5 aliphatic carbocycles. The molecule has 3 heteroatoms. The first-order valence-electron chi connectivity index (χ1n) is 14.6. The molecular weight excluding hydrogens is 432 g/mol. The summed E-state index contributed by atoms with van der Waals surface area (Å²) in [6, 6.07) is 0. The van der Waals surface area contributed by atoms with Crippen LogP contribution < -0.4 is 0 Å². The third-order valence-corrected chi connectivity index (χ3v) is 13.4. The third kappa shape index (κ3) is 3.41. The normalized spacial score (nSPS) is 50.0. The van der Waals surface area contributed by atoms with Crippen LogP contribution in [0.2, 0.25) is 0 Å². The average molecular weight is 485 g/mol. The summed E-state index contributed by atoms with van der Waals surface area (Å²) in [5.74, 6) is 1.65. The lowest BCUT2D eigenvalue weighted by Gasteiger charge is -2.71. The largest absolute Gasteiger partial charge is 0.462 e. The number of fused-ring (bicyclic) bond motifs is 7. The molecule has 3 nitrogen and oxygen atoms in total. The summed E-state index contributed by atoms with van der Waals surface area (Å²) in [6.45, 7) is 19.4. The van der Waals surface area contributed by atoms with Crippen molar-refractivity contribution in [1.29, 1.82) is 0 Å². The lowest BCUT2D eigenvalue weighted by atomic mass is 9.33. The van der Waals surface area contributed by atoms with E-state index >= 15 is 0 Å². The van der Waals surface area contributed by atoms with Crippen LogP contribution in [0.25, 0.3) is 0 Å². The number of carbonyl (C=O) groups excluding carboxylic acids is 1. The third-order valence-electron chi connectivity index (χ3n) is 13.4. The summed E-state index contributed by atoms with van der Waals surface area (Å²) < 4.78 is 5.89. The molecule has 0 amide bonds. The standard InChI is InChI=1S/C32H52O3/c1-21(34)35-26-12-13-29(6)24(28(26,4)5)11-14-31(8)25(29)10-9-22-23-19-27(2,3)15-17-32(23,20-33)18-16-30(22,31)7/h9,23-26,33H,10-20H2,1-8H3/t23?,24?,25?,26-,29-,30+,31+,32+/m0/s1. The van der Waals surface area contributed by atoms with Crippen molar-refractivity contribution in [3.63, 3.8) is 0 Å². The van der Waals surface area contributed by atoms with E-state index < -0.39 is 0 Å². The summed E-state index contributed by atoms with van der Waals surface area (Å²) in [5, 5.41) is 10.7. The minimum Gasteiger partial charge on any atom is -0.462 e. The van der Waals surface area contributed by atoms with Gasteiger partial charge in [-0.1, -0.05) is 60.1 Å². The Kier molecular flexibility index (Phi) is 5.78. The summed E-state index contributed by atoms with van der Waals surface area (Å²) >= 11 is 0. The molecule has 0 aromatic rings. The lowest BCUT2D eigenvalue weighted by Crippen LogP contribution is -2.65. The molecule has 0 aromatic carbocycles. The van der Waals surface area contributed by atoms with Gasteiger partial charge in [-0.05, 0) is 104 Å². The first-order chi connectivity index (χ1) is 16.2. The van der Waals surface area contributed by atoms with E-state index in [0.29, 0.717) is 29.8 Å². The maximum atomic E-state index is 11.9. The summed E-state index contributed by atoms with van der Waals surface area (Å²) in [4.78, 5) is 11.9. The Bertz CT molecular complexity index is 916. The number of rotatable bonds is 2. The Hall–Kier alpha value is -0.830. The van der Waals surface area contributed by atoms with E-state index in [-0.39, 0.29) is 39.1 Å². The highest BCUT2D eigenvalue weighted by molar-refractivity contribution is 5.66. The maximum Gasteiger partial charge on any atom is 0.302 e. The highest BCUT2D eigenvalue weighted by Crippen LogP contribution is 2.75. The number of ether oxygens (including phenoxy) is 1. The van der Waals surface area contributed by atoms with Crippen LogP contribution in [-0.4, -0.2) is 23.8 Å². The first-order valence-corrected chi connectivity index (χ1v) is 14.6. The molecule has 8 atom stereocenters. The Morgan fingerprint density at radius 3 is 2.29 bits per heavy atom. The van der Waals surface area contributed by atoms with Gasteiger partial charge in [0.2, 0.25) is 0 Å². The van der Waals surface area contributed by atoms with Gasteiger partial charge in [-0.15, -0.1) is 0 Å². The molecule has 35 heavy (non-hydrogen) atoms. The van der Waals surface area contributed by atoms with Crippen molar-refractivity contribution in [3.8, 4) is 0 Å². The fourth-order valence-electron chi connectivity index (χ4n) is 11.0. The molecule has 5 aliphatic rings. The van der Waals surface area contributed by atoms with E-state index in [9.17, 15) is 9.90 Å². The zero-order chi connectivity index (χ0) is 25.7. The minimum atomic E-state index is -0.130. The minimum absolute atomic E-state index is 0.0108. The van der Waals surface area contributed by atoms with Gasteiger partial charge in [0.1, 0.15) is 6.10 Å². The van der Waals surface area contributed by atoms with Crippen molar-refractivity contribution in [3.05, 3.63) is 11.6 Å². The van der Waals surface area contributed by atoms with Gasteiger partial charge in [0.05, 0.1) is 0 Å². The van der Waals surface area contributed by atoms with Gasteiger partial charge in [-0.2, -0.15) is 0 Å². The van der Waals surface area contributed by atoms with Crippen molar-refractivity contribution < 1.29 is 14.6 Å². The Morgan fingerprint density at radius 1 is 0.943 bits per heavy atom. The smallest absolute Gasteiger partial charge is 0.302 e. The number of allylic oxidation sites excluding steroid dienone is 2. The van der Waals surface area contributed by atoms with Crippen LogP contribution in [0.15, 0.2) is 11.6 Å². The van der Waals surface area contributed by atoms with Crippen molar-refractivity contribution in [2.75, 3.05) is 6.61 Å². The molecule has 0 aromatic heterocycles. The second-order valence-corrected chi connectivity index (χ2v) is 15.7. The Balaban J connectivity index is 1.53. The molecule has 3 unspecified atom stereocenters. The molecule has 0 bridgehead atoms. The summed E-state index contributed by atoms with van der Waals surface area (Å²) in [7, 11) is 0. The summed E-state index contributed by atoms with van der Waals surface area (Å²) in [5.41, 5.74) is 2.98. The number of esters is 1. The second kappa shape index (κ2) is 7.84. The topological polar surface area (TPSA) is 46.5 Å². The summed E-state index contributed by atoms with van der Waals surface area (Å²) in [6.07, 6.45) is 14.6. The van der Waals surface area contributed by atoms with Crippen molar-refractivity contribution >= 4 is 5.97 Å². The molecule has 0 radical (unpaired) electrons. The molecule has 0 saturated heterocycles. The van der Waals surface area contributed by atoms with E-state index in [1.54, 1.807) is 12.5 Å². The van der Waals surface area contributed by atoms with Crippen molar-refractivity contribution in [1.82, 2.24) is 0 Å². The molecule has 198 valence electrons. The number of aliphatic hydroxyl groups excluding tert-OH is 1. The molecule has 4 saturated carbocycles. The predicted molar refractivity (Wildman–Crippen MR) is 142 cm³/mol. The van der Waals surface area contributed by atoms with Crippen LogP contribution in [0, 0.1) is 50.2 Å². The highest BCUT2D eigenvalue weighted by atomic mass is 16.5. The van der Waals surface area contributed by atoms with E-state index in [4.69, 9.17) is 4.74 Å². The van der Waals surface area contributed by atoms with E-state index in [1.807, 2.05) is 0 Å². The van der Waals surface area contributed by atoms with Crippen LogP contribution in [0.3, 0.4) is 0 Å². The van der Waals surface area contributed by atoms with Crippen molar-refractivity contribution in [2.24, 2.45) is 50.2 Å². The number of aliphatic hydroxyl groups is 1. The predicted octanol–water partition coefficient (Wildman–Crippen LogP) is 7.71. The van der Waals surface area contributed by atoms with Gasteiger partial charge in [-0.25, -0.2) is 0 Å². The molecule has 4 fully saturated rings. The molecule has 0 aliphatic heterocycles. The molecule has 5 rings (SSSR count). The molecule has 0 spiro atoms. The zero-order valence-electron chi connectivity index (χ0n) is 23.9.